The Morgan fingerprint density at radius 2 is 1.35 bits per heavy atom. The van der Waals surface area contributed by atoms with Crippen molar-refractivity contribution in [3.05, 3.63) is 82.2 Å². The molecule has 2 aromatic carbocycles. The molecule has 16 nitrogen and oxygen atoms in total. The number of benzene rings is 2. The van der Waals surface area contributed by atoms with Gasteiger partial charge in [0.05, 0.1) is 32.3 Å². The number of amidine groups is 1. The lowest BCUT2D eigenvalue weighted by molar-refractivity contribution is -0.117. The third-order valence-electron chi connectivity index (χ3n) is 5.70. The summed E-state index contributed by atoms with van der Waals surface area (Å²) in [6.45, 7) is 2.39. The molecule has 0 atom stereocenters. The van der Waals surface area contributed by atoms with Crippen molar-refractivity contribution >= 4 is 61.4 Å². The second kappa shape index (κ2) is 11.6. The van der Waals surface area contributed by atoms with Crippen molar-refractivity contribution in [1.29, 1.82) is 0 Å². The number of nitrogens with one attached hydrogen (secondary N) is 3. The van der Waals surface area contributed by atoms with Crippen molar-refractivity contribution in [3.8, 4) is 5.69 Å². The van der Waals surface area contributed by atoms with Gasteiger partial charge in [-0.15, -0.1) is 5.10 Å². The van der Waals surface area contributed by atoms with Crippen molar-refractivity contribution in [3.63, 3.8) is 0 Å². The largest absolute Gasteiger partial charge is 0.311 e. The first-order chi connectivity index (χ1) is 20.1. The van der Waals surface area contributed by atoms with Crippen LogP contribution in [-0.2, 0) is 34.6 Å². The highest BCUT2D eigenvalue weighted by atomic mass is 32.2. The van der Waals surface area contributed by atoms with E-state index in [2.05, 4.69) is 20.8 Å². The number of H-pyrrole nitrogens is 1. The Bertz CT molecular complexity index is 2000. The zero-order valence-electron chi connectivity index (χ0n) is 22.2. The van der Waals surface area contributed by atoms with E-state index in [1.165, 1.54) is 56.3 Å². The maximum Gasteiger partial charge on any atom is 0.294 e. The number of hydrogen-bond acceptors (Lipinski definition) is 9. The summed E-state index contributed by atoms with van der Waals surface area (Å²) in [6.07, 6.45) is 3.80. The van der Waals surface area contributed by atoms with Gasteiger partial charge in [0, 0.05) is 13.8 Å². The first kappa shape index (κ1) is 30.8. The Labute approximate surface area is 243 Å². The summed E-state index contributed by atoms with van der Waals surface area (Å²) < 4.78 is 64.7. The van der Waals surface area contributed by atoms with Gasteiger partial charge in [0.1, 0.15) is 5.82 Å². The standard InChI is InChI=1S/C25H22N6O10S2/c1-14(32)26-22-20(24(34)30(28-22)16-6-10-18(11-7-16)42(36,37)38)4-3-5-21-23(27-15(2)33)29-31(25(21)35)17-8-12-19(13-9-17)43(39,40)41/h3-13,28H,1-2H3,(H,26,32)(H,27,29,33)(H,36,37,38)(H,39,40,41)/b4-3?,21-5-. The summed E-state index contributed by atoms with van der Waals surface area (Å²) in [5.74, 6) is -1.97. The summed E-state index contributed by atoms with van der Waals surface area (Å²) in [5, 5.41) is 12.6. The van der Waals surface area contributed by atoms with Crippen LogP contribution in [0.15, 0.2) is 85.9 Å². The SMILES string of the molecule is CC(=O)NC1=NN(c2ccc(S(=O)(=O)O)cc2)C(=O)/C1=C\C=Cc1c(NC(C)=O)[nH]n(-c2ccc(S(=O)(=O)O)cc2)c1=O. The normalized spacial score (nSPS) is 14.8. The topological polar surface area (TPSA) is 237 Å². The Morgan fingerprint density at radius 1 is 0.837 bits per heavy atom. The van der Waals surface area contributed by atoms with Gasteiger partial charge in [-0.1, -0.05) is 6.08 Å². The lowest BCUT2D eigenvalue weighted by atomic mass is 10.2. The highest BCUT2D eigenvalue weighted by Crippen LogP contribution is 2.25. The maximum absolute atomic E-state index is 13.2. The molecule has 18 heteroatoms. The molecular formula is C25H22N6O10S2. The highest BCUT2D eigenvalue weighted by molar-refractivity contribution is 7.86. The summed E-state index contributed by atoms with van der Waals surface area (Å²) in [5.41, 5.74) is -0.556. The number of aromatic nitrogens is 2. The van der Waals surface area contributed by atoms with Gasteiger partial charge in [-0.05, 0) is 60.7 Å². The van der Waals surface area contributed by atoms with Crippen LogP contribution in [0, 0.1) is 0 Å². The molecule has 0 saturated carbocycles. The third kappa shape index (κ3) is 6.84. The molecule has 2 heterocycles. The predicted octanol–water partition coefficient (Wildman–Crippen LogP) is 1.05. The number of carbonyl (C=O) groups is 3. The van der Waals surface area contributed by atoms with Gasteiger partial charge in [0.2, 0.25) is 11.8 Å². The number of carbonyl (C=O) groups excluding carboxylic acids is 3. The Balaban J connectivity index is 1.70. The molecule has 0 aliphatic carbocycles. The molecule has 43 heavy (non-hydrogen) atoms. The number of nitrogens with zero attached hydrogens (tertiary/aromatic N) is 3. The van der Waals surface area contributed by atoms with Crippen LogP contribution in [0.25, 0.3) is 11.8 Å². The fourth-order valence-electron chi connectivity index (χ4n) is 3.82. The molecule has 224 valence electrons. The first-order valence-electron chi connectivity index (χ1n) is 11.9. The van der Waals surface area contributed by atoms with E-state index in [-0.39, 0.29) is 34.2 Å². The van der Waals surface area contributed by atoms with Crippen LogP contribution in [0.2, 0.25) is 0 Å². The Hall–Kier alpha value is -5.17. The van der Waals surface area contributed by atoms with Crippen molar-refractivity contribution in [2.45, 2.75) is 23.6 Å². The first-order valence-corrected chi connectivity index (χ1v) is 14.8. The molecule has 5 N–H and O–H groups in total. The minimum atomic E-state index is -4.48. The third-order valence-corrected chi connectivity index (χ3v) is 7.43. The predicted molar refractivity (Wildman–Crippen MR) is 153 cm³/mol. The van der Waals surface area contributed by atoms with Crippen LogP contribution >= 0.6 is 0 Å². The van der Waals surface area contributed by atoms with E-state index < -0.39 is 53.3 Å². The lowest BCUT2D eigenvalue weighted by Crippen LogP contribution is -2.29. The van der Waals surface area contributed by atoms with Crippen molar-refractivity contribution in [2.24, 2.45) is 5.10 Å². The molecular weight excluding hydrogens is 608 g/mol. The van der Waals surface area contributed by atoms with E-state index in [9.17, 15) is 45.1 Å². The van der Waals surface area contributed by atoms with Crippen molar-refractivity contribution < 1.29 is 40.3 Å². The Morgan fingerprint density at radius 3 is 1.84 bits per heavy atom. The van der Waals surface area contributed by atoms with Gasteiger partial charge in [-0.2, -0.15) is 21.8 Å². The monoisotopic (exact) mass is 630 g/mol. The molecule has 4 rings (SSSR count). The van der Waals surface area contributed by atoms with Gasteiger partial charge in [0.15, 0.2) is 5.84 Å². The molecule has 0 spiro atoms. The lowest BCUT2D eigenvalue weighted by Gasteiger charge is -2.11. The van der Waals surface area contributed by atoms with Crippen LogP contribution in [0.1, 0.15) is 19.4 Å². The second-order valence-corrected chi connectivity index (χ2v) is 11.7. The number of aromatic amines is 1. The maximum atomic E-state index is 13.2. The molecule has 0 radical (unpaired) electrons. The van der Waals surface area contributed by atoms with Crippen LogP contribution in [0.5, 0.6) is 0 Å². The van der Waals surface area contributed by atoms with Crippen molar-refractivity contribution in [1.82, 2.24) is 15.1 Å². The molecule has 0 unspecified atom stereocenters. The van der Waals surface area contributed by atoms with Gasteiger partial charge in [-0.3, -0.25) is 33.4 Å². The smallest absolute Gasteiger partial charge is 0.294 e. The van der Waals surface area contributed by atoms with Gasteiger partial charge < -0.3 is 10.6 Å². The molecule has 0 bridgehead atoms. The van der Waals surface area contributed by atoms with Crippen LogP contribution in [-0.4, -0.2) is 59.3 Å². The average molecular weight is 631 g/mol. The summed E-state index contributed by atoms with van der Waals surface area (Å²) >= 11 is 0. The number of hydrogen-bond donors (Lipinski definition) is 5. The molecule has 0 fully saturated rings. The molecule has 0 saturated heterocycles. The quantitative estimate of drug-likeness (QED) is 0.184. The number of amides is 3. The van der Waals surface area contributed by atoms with Gasteiger partial charge in [0.25, 0.3) is 31.7 Å². The number of anilines is 2. The van der Waals surface area contributed by atoms with Crippen molar-refractivity contribution in [2.75, 3.05) is 10.3 Å². The zero-order valence-corrected chi connectivity index (χ0v) is 23.8. The fourth-order valence-corrected chi connectivity index (χ4v) is 4.78. The average Bonchev–Trinajstić information content (AvgIpc) is 3.38. The van der Waals surface area contributed by atoms with E-state index in [1.807, 2.05) is 0 Å². The molecule has 1 aliphatic rings. The van der Waals surface area contributed by atoms with Crippen LogP contribution in [0.4, 0.5) is 11.5 Å². The fraction of sp³-hybridized carbons (Fsp3) is 0.0800. The summed E-state index contributed by atoms with van der Waals surface area (Å²) in [6, 6.07) is 9.21. The van der Waals surface area contributed by atoms with Crippen LogP contribution in [0.3, 0.4) is 0 Å². The number of allylic oxidation sites excluding steroid dienone is 2. The zero-order chi connectivity index (χ0) is 31.7. The van der Waals surface area contributed by atoms with E-state index in [1.54, 1.807) is 0 Å². The van der Waals surface area contributed by atoms with E-state index in [0.717, 1.165) is 34.0 Å². The minimum absolute atomic E-state index is 0.0277. The molecule has 3 aromatic rings. The molecule has 3 amide bonds. The summed E-state index contributed by atoms with van der Waals surface area (Å²) in [7, 11) is -8.95. The molecule has 1 aliphatic heterocycles. The second-order valence-electron chi connectivity index (χ2n) is 8.85. The van der Waals surface area contributed by atoms with E-state index in [0.29, 0.717) is 0 Å². The Kier molecular flexibility index (Phi) is 8.31. The number of rotatable bonds is 7. The highest BCUT2D eigenvalue weighted by Gasteiger charge is 2.31. The van der Waals surface area contributed by atoms with E-state index >= 15 is 0 Å². The van der Waals surface area contributed by atoms with Gasteiger partial charge in [-0.25, -0.2) is 4.68 Å². The van der Waals surface area contributed by atoms with Crippen LogP contribution < -0.4 is 21.2 Å². The minimum Gasteiger partial charge on any atom is -0.311 e. The molecule has 1 aromatic heterocycles. The number of hydrazone groups is 1. The summed E-state index contributed by atoms with van der Waals surface area (Å²) in [4.78, 5) is 49.1. The van der Waals surface area contributed by atoms with E-state index in [4.69, 9.17) is 0 Å². The van der Waals surface area contributed by atoms with Gasteiger partial charge >= 0.3 is 0 Å².